The molecule has 1 aromatic heterocycles. The number of hydrogen-bond donors (Lipinski definition) is 3. The molecule has 0 saturated heterocycles. The molecule has 102 valence electrons. The van der Waals surface area contributed by atoms with Crippen LogP contribution >= 0.6 is 0 Å². The lowest BCUT2D eigenvalue weighted by Crippen LogP contribution is -2.14. The molecule has 0 radical (unpaired) electrons. The number of primary sulfonamides is 1. The lowest BCUT2D eigenvalue weighted by atomic mass is 10.2. The van der Waals surface area contributed by atoms with Gasteiger partial charge in [-0.05, 0) is 18.2 Å². The van der Waals surface area contributed by atoms with Crippen molar-refractivity contribution in [2.75, 3.05) is 17.6 Å². The van der Waals surface area contributed by atoms with Crippen LogP contribution in [0.15, 0.2) is 35.5 Å². The van der Waals surface area contributed by atoms with E-state index in [9.17, 15) is 8.42 Å². The molecule has 5 N–H and O–H groups in total. The topological polar surface area (TPSA) is 129 Å². The smallest absolute Gasteiger partial charge is 0.238 e. The molecule has 0 aliphatic carbocycles. The summed E-state index contributed by atoms with van der Waals surface area (Å²) in [5, 5.41) is 15.6. The molecule has 0 aliphatic heterocycles. The molecule has 0 spiro atoms. The van der Waals surface area contributed by atoms with Crippen molar-refractivity contribution in [2.24, 2.45) is 5.14 Å². The summed E-state index contributed by atoms with van der Waals surface area (Å²) >= 11 is 0. The van der Waals surface area contributed by atoms with Crippen LogP contribution in [0.1, 0.15) is 0 Å². The average Bonchev–Trinajstić information content (AvgIpc) is 2.83. The Balaban J connectivity index is 2.01. The van der Waals surface area contributed by atoms with Gasteiger partial charge in [0.1, 0.15) is 0 Å². The molecular formula is C10H14N6O2S. The fraction of sp³-hybridized carbons (Fsp3) is 0.200. The molecule has 0 saturated carbocycles. The van der Waals surface area contributed by atoms with Gasteiger partial charge in [0.2, 0.25) is 10.0 Å². The summed E-state index contributed by atoms with van der Waals surface area (Å²) in [5.74, 6) is 0. The first-order valence-electron chi connectivity index (χ1n) is 5.47. The number of nitrogens with one attached hydrogen (secondary N) is 1. The Hall–Kier alpha value is -2.13. The molecule has 1 aromatic carbocycles. The van der Waals surface area contributed by atoms with Crippen LogP contribution < -0.4 is 16.2 Å². The predicted octanol–water partition coefficient (Wildman–Crippen LogP) is -0.380. The molecule has 0 aliphatic rings. The molecule has 0 amide bonds. The largest absolute Gasteiger partial charge is 0.397 e. The fourth-order valence-corrected chi connectivity index (χ4v) is 2.08. The van der Waals surface area contributed by atoms with E-state index in [-0.39, 0.29) is 4.90 Å². The van der Waals surface area contributed by atoms with E-state index in [2.05, 4.69) is 15.6 Å². The molecule has 0 atom stereocenters. The van der Waals surface area contributed by atoms with Crippen LogP contribution in [0, 0.1) is 0 Å². The molecule has 0 bridgehead atoms. The van der Waals surface area contributed by atoms with Crippen molar-refractivity contribution >= 4 is 21.4 Å². The van der Waals surface area contributed by atoms with Crippen molar-refractivity contribution in [2.45, 2.75) is 11.4 Å². The monoisotopic (exact) mass is 282 g/mol. The van der Waals surface area contributed by atoms with Gasteiger partial charge in [-0.25, -0.2) is 13.6 Å². The van der Waals surface area contributed by atoms with E-state index in [1.54, 1.807) is 23.1 Å². The Morgan fingerprint density at radius 1 is 1.37 bits per heavy atom. The Kier molecular flexibility index (Phi) is 3.67. The minimum Gasteiger partial charge on any atom is -0.397 e. The normalized spacial score (nSPS) is 11.4. The van der Waals surface area contributed by atoms with Gasteiger partial charge in [0.15, 0.2) is 0 Å². The van der Waals surface area contributed by atoms with Gasteiger partial charge >= 0.3 is 0 Å². The first-order valence-corrected chi connectivity index (χ1v) is 7.02. The van der Waals surface area contributed by atoms with Gasteiger partial charge in [0, 0.05) is 12.7 Å². The molecule has 2 rings (SSSR count). The second-order valence-electron chi connectivity index (χ2n) is 3.89. The standard InChI is InChI=1S/C10H14N6O2S/c11-9-7-8(19(12,17)18)1-2-10(9)13-3-5-16-6-4-14-15-16/h1-2,4,6-7,13H,3,5,11H2,(H2,12,17,18). The van der Waals surface area contributed by atoms with Crippen molar-refractivity contribution in [1.82, 2.24) is 15.0 Å². The summed E-state index contributed by atoms with van der Waals surface area (Å²) in [7, 11) is -3.73. The number of rotatable bonds is 5. The SMILES string of the molecule is Nc1cc(S(N)(=O)=O)ccc1NCCn1ccnn1. The number of benzene rings is 1. The van der Waals surface area contributed by atoms with E-state index >= 15 is 0 Å². The first kappa shape index (κ1) is 13.3. The summed E-state index contributed by atoms with van der Waals surface area (Å²) in [6, 6.07) is 4.31. The molecule has 9 heteroatoms. The van der Waals surface area contributed by atoms with Crippen molar-refractivity contribution < 1.29 is 8.42 Å². The summed E-state index contributed by atoms with van der Waals surface area (Å²) in [6.45, 7) is 1.21. The number of nitrogen functional groups attached to an aromatic ring is 1. The molecular weight excluding hydrogens is 268 g/mol. The first-order chi connectivity index (χ1) is 8.97. The Morgan fingerprint density at radius 3 is 2.74 bits per heavy atom. The lowest BCUT2D eigenvalue weighted by molar-refractivity contribution is 0.598. The van der Waals surface area contributed by atoms with Crippen molar-refractivity contribution in [3.8, 4) is 0 Å². The highest BCUT2D eigenvalue weighted by molar-refractivity contribution is 7.89. The third-order valence-electron chi connectivity index (χ3n) is 2.48. The number of sulfonamides is 1. The molecule has 0 fully saturated rings. The third kappa shape index (κ3) is 3.42. The molecule has 8 nitrogen and oxygen atoms in total. The molecule has 19 heavy (non-hydrogen) atoms. The lowest BCUT2D eigenvalue weighted by Gasteiger charge is -2.10. The van der Waals surface area contributed by atoms with Crippen LogP contribution in [-0.4, -0.2) is 30.0 Å². The molecule has 0 unspecified atom stereocenters. The second kappa shape index (κ2) is 5.24. The Bertz CT molecular complexity index is 653. The highest BCUT2D eigenvalue weighted by Gasteiger charge is 2.09. The van der Waals surface area contributed by atoms with E-state index in [1.165, 1.54) is 12.1 Å². The van der Waals surface area contributed by atoms with Crippen molar-refractivity contribution in [3.63, 3.8) is 0 Å². The second-order valence-corrected chi connectivity index (χ2v) is 5.45. The highest BCUT2D eigenvalue weighted by atomic mass is 32.2. The quantitative estimate of drug-likeness (QED) is 0.641. The summed E-state index contributed by atoms with van der Waals surface area (Å²) in [4.78, 5) is -0.00757. The van der Waals surface area contributed by atoms with Crippen LogP contribution in [0.2, 0.25) is 0 Å². The van der Waals surface area contributed by atoms with Crippen LogP contribution in [0.5, 0.6) is 0 Å². The van der Waals surface area contributed by atoms with Gasteiger partial charge in [0.05, 0.1) is 29.0 Å². The summed E-state index contributed by atoms with van der Waals surface area (Å²) in [5.41, 5.74) is 6.73. The zero-order valence-electron chi connectivity index (χ0n) is 10.0. The minimum absolute atomic E-state index is 0.00757. The Labute approximate surface area is 110 Å². The van der Waals surface area contributed by atoms with Gasteiger partial charge in [-0.15, -0.1) is 5.10 Å². The fourth-order valence-electron chi connectivity index (χ4n) is 1.54. The number of anilines is 2. The van der Waals surface area contributed by atoms with Crippen LogP contribution in [-0.2, 0) is 16.6 Å². The number of nitrogens with zero attached hydrogens (tertiary/aromatic N) is 3. The van der Waals surface area contributed by atoms with Gasteiger partial charge in [0.25, 0.3) is 0 Å². The van der Waals surface area contributed by atoms with Crippen LogP contribution in [0.3, 0.4) is 0 Å². The average molecular weight is 282 g/mol. The van der Waals surface area contributed by atoms with Gasteiger partial charge in [-0.3, -0.25) is 4.68 Å². The number of aromatic nitrogens is 3. The number of nitrogens with two attached hydrogens (primary N) is 2. The van der Waals surface area contributed by atoms with Gasteiger partial charge in [-0.1, -0.05) is 5.21 Å². The van der Waals surface area contributed by atoms with E-state index in [0.717, 1.165) is 0 Å². The van der Waals surface area contributed by atoms with E-state index in [4.69, 9.17) is 10.9 Å². The van der Waals surface area contributed by atoms with E-state index in [0.29, 0.717) is 24.5 Å². The van der Waals surface area contributed by atoms with E-state index < -0.39 is 10.0 Å². The zero-order valence-corrected chi connectivity index (χ0v) is 10.8. The maximum absolute atomic E-state index is 11.1. The van der Waals surface area contributed by atoms with Crippen LogP contribution in [0.4, 0.5) is 11.4 Å². The predicted molar refractivity (Wildman–Crippen MR) is 70.7 cm³/mol. The summed E-state index contributed by atoms with van der Waals surface area (Å²) < 4.78 is 24.0. The molecule has 1 heterocycles. The van der Waals surface area contributed by atoms with Gasteiger partial charge < -0.3 is 11.1 Å². The highest BCUT2D eigenvalue weighted by Crippen LogP contribution is 2.21. The van der Waals surface area contributed by atoms with Crippen molar-refractivity contribution in [3.05, 3.63) is 30.6 Å². The maximum atomic E-state index is 11.1. The van der Waals surface area contributed by atoms with E-state index in [1.807, 2.05) is 0 Å². The van der Waals surface area contributed by atoms with Gasteiger partial charge in [-0.2, -0.15) is 0 Å². The zero-order chi connectivity index (χ0) is 13.9. The number of hydrogen-bond acceptors (Lipinski definition) is 6. The maximum Gasteiger partial charge on any atom is 0.238 e. The van der Waals surface area contributed by atoms with Crippen LogP contribution in [0.25, 0.3) is 0 Å². The summed E-state index contributed by atoms with van der Waals surface area (Å²) in [6.07, 6.45) is 3.34. The third-order valence-corrected chi connectivity index (χ3v) is 3.39. The Morgan fingerprint density at radius 2 is 2.16 bits per heavy atom. The van der Waals surface area contributed by atoms with Crippen molar-refractivity contribution in [1.29, 1.82) is 0 Å². The molecule has 2 aromatic rings. The minimum atomic E-state index is -3.73.